The lowest BCUT2D eigenvalue weighted by atomic mass is 10.1. The quantitative estimate of drug-likeness (QED) is 0.686. The maximum absolute atomic E-state index is 13.9. The third-order valence-electron chi connectivity index (χ3n) is 4.38. The Hall–Kier alpha value is -2.97. The molecule has 1 aromatic carbocycles. The number of benzene rings is 1. The van der Waals surface area contributed by atoms with Gasteiger partial charge in [-0.3, -0.25) is 9.48 Å². The Morgan fingerprint density at radius 2 is 2.00 bits per heavy atom. The van der Waals surface area contributed by atoms with E-state index in [1.807, 2.05) is 0 Å². The number of carbonyl (C=O) groups excluding carboxylic acids is 2. The van der Waals surface area contributed by atoms with Gasteiger partial charge in [-0.05, 0) is 25.0 Å². The molecule has 0 saturated heterocycles. The lowest BCUT2D eigenvalue weighted by Crippen LogP contribution is -2.26. The minimum atomic E-state index is -0.735. The van der Waals surface area contributed by atoms with E-state index in [0.29, 0.717) is 18.5 Å². The number of methoxy groups -OCH3 is 1. The van der Waals surface area contributed by atoms with E-state index in [9.17, 15) is 18.4 Å². The minimum absolute atomic E-state index is 0.0594. The molecule has 9 heteroatoms. The molecule has 1 saturated carbocycles. The molecule has 1 aliphatic rings. The number of aryl methyl sites for hydroxylation is 1. The lowest BCUT2D eigenvalue weighted by Gasteiger charge is -2.12. The van der Waals surface area contributed by atoms with E-state index in [1.54, 1.807) is 7.05 Å². The van der Waals surface area contributed by atoms with Gasteiger partial charge in [0, 0.05) is 24.7 Å². The van der Waals surface area contributed by atoms with Gasteiger partial charge in [0.1, 0.15) is 23.7 Å². The predicted octanol–water partition coefficient (Wildman–Crippen LogP) is 2.24. The van der Waals surface area contributed by atoms with Crippen LogP contribution >= 0.6 is 0 Å². The Kier molecular flexibility index (Phi) is 5.11. The molecule has 0 unspecified atom stereocenters. The van der Waals surface area contributed by atoms with Crippen LogP contribution < -0.4 is 4.74 Å². The number of nitrogens with zero attached hydrogens (tertiary/aromatic N) is 2. The molecule has 7 nitrogen and oxygen atoms in total. The molecular formula is C18H18F2N2O5. The molecule has 0 N–H and O–H groups in total. The van der Waals surface area contributed by atoms with Gasteiger partial charge in [-0.2, -0.15) is 0 Å². The largest absolute Gasteiger partial charge is 0.468 e. The van der Waals surface area contributed by atoms with Crippen molar-refractivity contribution >= 4 is 11.9 Å². The van der Waals surface area contributed by atoms with Gasteiger partial charge in [0.05, 0.1) is 12.8 Å². The van der Waals surface area contributed by atoms with Gasteiger partial charge in [-0.25, -0.2) is 13.6 Å². The van der Waals surface area contributed by atoms with Gasteiger partial charge in [-0.1, -0.05) is 0 Å². The fraction of sp³-hybridized carbons (Fsp3) is 0.389. The van der Waals surface area contributed by atoms with Crippen molar-refractivity contribution in [3.8, 4) is 17.1 Å². The van der Waals surface area contributed by atoms with Crippen LogP contribution in [0.3, 0.4) is 0 Å². The SMILES string of the molecule is COC(=O)C1(COC(=O)COc2cc(-c3ccc(F)cc3F)n(C)n2)CC1. The summed E-state index contributed by atoms with van der Waals surface area (Å²) in [4.78, 5) is 23.4. The van der Waals surface area contributed by atoms with Crippen molar-refractivity contribution in [3.05, 3.63) is 35.9 Å². The van der Waals surface area contributed by atoms with Crippen molar-refractivity contribution in [2.24, 2.45) is 12.5 Å². The zero-order chi connectivity index (χ0) is 19.6. The molecule has 144 valence electrons. The summed E-state index contributed by atoms with van der Waals surface area (Å²) in [5, 5.41) is 4.04. The van der Waals surface area contributed by atoms with Crippen LogP contribution in [0.4, 0.5) is 8.78 Å². The Morgan fingerprint density at radius 3 is 2.63 bits per heavy atom. The number of ether oxygens (including phenoxy) is 3. The summed E-state index contributed by atoms with van der Waals surface area (Å²) >= 11 is 0. The van der Waals surface area contributed by atoms with E-state index < -0.39 is 35.6 Å². The summed E-state index contributed by atoms with van der Waals surface area (Å²) in [6.07, 6.45) is 1.22. The maximum atomic E-state index is 13.9. The summed E-state index contributed by atoms with van der Waals surface area (Å²) in [5.74, 6) is -2.39. The van der Waals surface area contributed by atoms with Crippen LogP contribution in [0.2, 0.25) is 0 Å². The standard InChI is InChI=1S/C18H18F2N2O5/c1-22-14(12-4-3-11(19)7-13(12)20)8-15(21-22)26-9-16(23)27-10-18(5-6-18)17(24)25-2/h3-4,7-8H,5-6,9-10H2,1-2H3. The van der Waals surface area contributed by atoms with Crippen LogP contribution in [0, 0.1) is 17.0 Å². The molecule has 1 aromatic heterocycles. The highest BCUT2D eigenvalue weighted by atomic mass is 19.1. The molecule has 0 amide bonds. The summed E-state index contributed by atoms with van der Waals surface area (Å²) in [6, 6.07) is 4.63. The van der Waals surface area contributed by atoms with Gasteiger partial charge >= 0.3 is 11.9 Å². The van der Waals surface area contributed by atoms with Crippen LogP contribution in [-0.4, -0.2) is 42.0 Å². The van der Waals surface area contributed by atoms with Crippen LogP contribution in [0.5, 0.6) is 5.88 Å². The Bertz CT molecular complexity index is 877. The van der Waals surface area contributed by atoms with Crippen molar-refractivity contribution in [2.75, 3.05) is 20.3 Å². The van der Waals surface area contributed by atoms with Crippen molar-refractivity contribution < 1.29 is 32.6 Å². The summed E-state index contributed by atoms with van der Waals surface area (Å²) in [5.41, 5.74) is -0.223. The van der Waals surface area contributed by atoms with E-state index in [-0.39, 0.29) is 18.1 Å². The number of aromatic nitrogens is 2. The van der Waals surface area contributed by atoms with Gasteiger partial charge in [-0.15, -0.1) is 5.10 Å². The number of hydrogen-bond acceptors (Lipinski definition) is 6. The van der Waals surface area contributed by atoms with Crippen molar-refractivity contribution in [2.45, 2.75) is 12.8 Å². The van der Waals surface area contributed by atoms with E-state index in [0.717, 1.165) is 12.1 Å². The molecular weight excluding hydrogens is 362 g/mol. The first-order valence-corrected chi connectivity index (χ1v) is 8.21. The summed E-state index contributed by atoms with van der Waals surface area (Å²) < 4.78 is 43.3. The molecule has 0 aliphatic heterocycles. The molecule has 3 rings (SSSR count). The smallest absolute Gasteiger partial charge is 0.344 e. The zero-order valence-corrected chi connectivity index (χ0v) is 14.8. The summed E-state index contributed by atoms with van der Waals surface area (Å²) in [7, 11) is 2.85. The van der Waals surface area contributed by atoms with Gasteiger partial charge < -0.3 is 14.2 Å². The number of esters is 2. The molecule has 0 bridgehead atoms. The molecule has 27 heavy (non-hydrogen) atoms. The second-order valence-corrected chi connectivity index (χ2v) is 6.34. The fourth-order valence-corrected chi connectivity index (χ4v) is 2.63. The zero-order valence-electron chi connectivity index (χ0n) is 14.8. The topological polar surface area (TPSA) is 79.6 Å². The van der Waals surface area contributed by atoms with Gasteiger partial charge in [0.15, 0.2) is 6.61 Å². The van der Waals surface area contributed by atoms with Crippen LogP contribution in [-0.2, 0) is 26.1 Å². The lowest BCUT2D eigenvalue weighted by molar-refractivity contribution is -0.156. The highest BCUT2D eigenvalue weighted by molar-refractivity contribution is 5.80. The molecule has 1 aliphatic carbocycles. The molecule has 2 aromatic rings. The number of hydrogen-bond donors (Lipinski definition) is 0. The third kappa shape index (κ3) is 4.07. The average Bonchev–Trinajstić information content (AvgIpc) is 3.35. The molecule has 0 spiro atoms. The fourth-order valence-electron chi connectivity index (χ4n) is 2.63. The van der Waals surface area contributed by atoms with Gasteiger partial charge in [0.25, 0.3) is 0 Å². The van der Waals surface area contributed by atoms with Gasteiger partial charge in [0.2, 0.25) is 5.88 Å². The van der Waals surface area contributed by atoms with Crippen LogP contribution in [0.1, 0.15) is 12.8 Å². The third-order valence-corrected chi connectivity index (χ3v) is 4.38. The second kappa shape index (κ2) is 7.34. The number of rotatable bonds is 7. The maximum Gasteiger partial charge on any atom is 0.344 e. The van der Waals surface area contributed by atoms with E-state index >= 15 is 0 Å². The van der Waals surface area contributed by atoms with E-state index in [2.05, 4.69) is 9.84 Å². The first-order chi connectivity index (χ1) is 12.8. The second-order valence-electron chi connectivity index (χ2n) is 6.34. The molecule has 0 radical (unpaired) electrons. The molecule has 1 heterocycles. The predicted molar refractivity (Wildman–Crippen MR) is 88.7 cm³/mol. The van der Waals surface area contributed by atoms with Crippen LogP contribution in [0.25, 0.3) is 11.3 Å². The Labute approximate surface area is 153 Å². The first kappa shape index (κ1) is 18.8. The Balaban J connectivity index is 1.57. The number of carbonyl (C=O) groups is 2. The van der Waals surface area contributed by atoms with E-state index in [4.69, 9.17) is 9.47 Å². The van der Waals surface area contributed by atoms with Crippen molar-refractivity contribution in [3.63, 3.8) is 0 Å². The molecule has 0 atom stereocenters. The summed E-state index contributed by atoms with van der Waals surface area (Å²) in [6.45, 7) is -0.476. The average molecular weight is 380 g/mol. The molecule has 1 fully saturated rings. The normalized spacial score (nSPS) is 14.5. The monoisotopic (exact) mass is 380 g/mol. The highest BCUT2D eigenvalue weighted by Crippen LogP contribution is 2.46. The number of halogens is 2. The Morgan fingerprint density at radius 1 is 1.26 bits per heavy atom. The van der Waals surface area contributed by atoms with Crippen molar-refractivity contribution in [1.29, 1.82) is 0 Å². The van der Waals surface area contributed by atoms with Crippen molar-refractivity contribution in [1.82, 2.24) is 9.78 Å². The first-order valence-electron chi connectivity index (χ1n) is 8.21. The highest BCUT2D eigenvalue weighted by Gasteiger charge is 2.52. The minimum Gasteiger partial charge on any atom is -0.468 e. The van der Waals surface area contributed by atoms with Crippen LogP contribution in [0.15, 0.2) is 24.3 Å². The van der Waals surface area contributed by atoms with E-state index in [1.165, 1.54) is 23.9 Å².